The molecule has 0 spiro atoms. The second kappa shape index (κ2) is 7.73. The Hall–Kier alpha value is -2.17. The van der Waals surface area contributed by atoms with Crippen LogP contribution in [0.4, 0.5) is 5.69 Å². The van der Waals surface area contributed by atoms with Crippen LogP contribution in [0, 0.1) is 5.92 Å². The van der Waals surface area contributed by atoms with Crippen molar-refractivity contribution >= 4 is 23.2 Å². The molecule has 0 radical (unpaired) electrons. The van der Waals surface area contributed by atoms with Gasteiger partial charge >= 0.3 is 0 Å². The molecule has 118 valence electrons. The second-order valence-electron chi connectivity index (χ2n) is 5.80. The lowest BCUT2D eigenvalue weighted by Crippen LogP contribution is -2.22. The Balaban J connectivity index is 1.92. The van der Waals surface area contributed by atoms with Crippen LogP contribution in [-0.2, 0) is 4.79 Å². The minimum Gasteiger partial charge on any atom is -0.326 e. The summed E-state index contributed by atoms with van der Waals surface area (Å²) < 4.78 is 0. The van der Waals surface area contributed by atoms with Crippen LogP contribution in [0.25, 0.3) is 0 Å². The zero-order chi connectivity index (χ0) is 15.9. The van der Waals surface area contributed by atoms with Gasteiger partial charge in [-0.1, -0.05) is 13.8 Å². The highest BCUT2D eigenvalue weighted by Gasteiger charge is 2.14. The van der Waals surface area contributed by atoms with Crippen molar-refractivity contribution in [1.29, 1.82) is 0 Å². The van der Waals surface area contributed by atoms with E-state index in [1.807, 2.05) is 0 Å². The molecule has 1 unspecified atom stereocenters. The fourth-order valence-electron chi connectivity index (χ4n) is 2.51. The molecule has 0 saturated heterocycles. The molecule has 2 rings (SSSR count). The number of carbonyl (C=O) groups is 2. The van der Waals surface area contributed by atoms with Crippen molar-refractivity contribution in [2.45, 2.75) is 46.0 Å². The van der Waals surface area contributed by atoms with E-state index < -0.39 is 0 Å². The molecule has 5 heteroatoms. The summed E-state index contributed by atoms with van der Waals surface area (Å²) in [5.74, 6) is 0.375. The third-order valence-corrected chi connectivity index (χ3v) is 3.81. The van der Waals surface area contributed by atoms with Crippen molar-refractivity contribution in [2.75, 3.05) is 5.32 Å². The van der Waals surface area contributed by atoms with Gasteiger partial charge in [0.2, 0.25) is 5.91 Å². The van der Waals surface area contributed by atoms with Crippen molar-refractivity contribution in [1.82, 2.24) is 5.43 Å². The van der Waals surface area contributed by atoms with Gasteiger partial charge in [-0.3, -0.25) is 9.59 Å². The first-order valence-corrected chi connectivity index (χ1v) is 7.84. The molecule has 1 atom stereocenters. The van der Waals surface area contributed by atoms with Gasteiger partial charge in [0.1, 0.15) is 0 Å². The summed E-state index contributed by atoms with van der Waals surface area (Å²) in [7, 11) is 0. The Morgan fingerprint density at radius 1 is 1.27 bits per heavy atom. The number of nitrogens with zero attached hydrogens (tertiary/aromatic N) is 1. The Morgan fingerprint density at radius 2 is 2.00 bits per heavy atom. The van der Waals surface area contributed by atoms with Gasteiger partial charge < -0.3 is 5.32 Å². The maximum atomic E-state index is 12.1. The third-order valence-electron chi connectivity index (χ3n) is 3.81. The van der Waals surface area contributed by atoms with E-state index in [1.54, 1.807) is 31.2 Å². The standard InChI is InChI=1S/C17H23N3O2/c1-3-16(21)18-14-9-7-13(8-10-14)17(22)20-19-15-6-4-5-12(2)11-15/h7-10,12H,3-6,11H2,1-2H3,(H,18,21)(H,20,22)/b19-15+. The summed E-state index contributed by atoms with van der Waals surface area (Å²) in [6.07, 6.45) is 4.73. The van der Waals surface area contributed by atoms with Crippen LogP contribution in [0.3, 0.4) is 0 Å². The quantitative estimate of drug-likeness (QED) is 0.837. The van der Waals surface area contributed by atoms with Crippen molar-refractivity contribution < 1.29 is 9.59 Å². The van der Waals surface area contributed by atoms with E-state index in [2.05, 4.69) is 22.8 Å². The smallest absolute Gasteiger partial charge is 0.271 e. The molecule has 1 aromatic carbocycles. The van der Waals surface area contributed by atoms with Crippen LogP contribution >= 0.6 is 0 Å². The molecule has 1 aliphatic rings. The molecule has 1 saturated carbocycles. The number of carbonyl (C=O) groups excluding carboxylic acids is 2. The number of nitrogens with one attached hydrogen (secondary N) is 2. The van der Waals surface area contributed by atoms with Gasteiger partial charge in [-0.15, -0.1) is 0 Å². The largest absolute Gasteiger partial charge is 0.326 e. The highest BCUT2D eigenvalue weighted by molar-refractivity contribution is 5.96. The molecule has 1 fully saturated rings. The fourth-order valence-corrected chi connectivity index (χ4v) is 2.51. The predicted molar refractivity (Wildman–Crippen MR) is 87.9 cm³/mol. The van der Waals surface area contributed by atoms with Crippen LogP contribution < -0.4 is 10.7 Å². The molecule has 1 aliphatic carbocycles. The van der Waals surface area contributed by atoms with Crippen molar-refractivity contribution in [3.63, 3.8) is 0 Å². The van der Waals surface area contributed by atoms with E-state index in [0.717, 1.165) is 25.0 Å². The lowest BCUT2D eigenvalue weighted by Gasteiger charge is -2.18. The number of hydrogen-bond acceptors (Lipinski definition) is 3. The monoisotopic (exact) mass is 301 g/mol. The Labute approximate surface area is 131 Å². The zero-order valence-electron chi connectivity index (χ0n) is 13.2. The fraction of sp³-hybridized carbons (Fsp3) is 0.471. The molecule has 2 amide bonds. The summed E-state index contributed by atoms with van der Waals surface area (Å²) in [5.41, 5.74) is 4.91. The lowest BCUT2D eigenvalue weighted by atomic mass is 9.89. The first-order chi connectivity index (χ1) is 10.6. The summed E-state index contributed by atoms with van der Waals surface area (Å²) in [5, 5.41) is 6.99. The van der Waals surface area contributed by atoms with Gasteiger partial charge in [-0.2, -0.15) is 5.10 Å². The number of rotatable bonds is 4. The van der Waals surface area contributed by atoms with E-state index >= 15 is 0 Å². The number of hydrazone groups is 1. The van der Waals surface area contributed by atoms with Crippen LogP contribution in [0.2, 0.25) is 0 Å². The molecule has 2 N–H and O–H groups in total. The molecule has 22 heavy (non-hydrogen) atoms. The van der Waals surface area contributed by atoms with Crippen LogP contribution in [-0.4, -0.2) is 17.5 Å². The molecular formula is C17H23N3O2. The highest BCUT2D eigenvalue weighted by Crippen LogP contribution is 2.21. The van der Waals surface area contributed by atoms with E-state index in [4.69, 9.17) is 0 Å². The SMILES string of the molecule is CCC(=O)Nc1ccc(C(=O)N/N=C2\CCCC(C)C2)cc1. The zero-order valence-corrected chi connectivity index (χ0v) is 13.2. The summed E-state index contributed by atoms with van der Waals surface area (Å²) >= 11 is 0. The molecular weight excluding hydrogens is 278 g/mol. The van der Waals surface area contributed by atoms with E-state index in [9.17, 15) is 9.59 Å². The highest BCUT2D eigenvalue weighted by atomic mass is 16.2. The molecule has 0 aromatic heterocycles. The van der Waals surface area contributed by atoms with Crippen molar-refractivity contribution in [3.05, 3.63) is 29.8 Å². The second-order valence-corrected chi connectivity index (χ2v) is 5.80. The van der Waals surface area contributed by atoms with Crippen LogP contribution in [0.5, 0.6) is 0 Å². The van der Waals surface area contributed by atoms with Crippen molar-refractivity contribution in [2.24, 2.45) is 11.0 Å². The van der Waals surface area contributed by atoms with Crippen molar-refractivity contribution in [3.8, 4) is 0 Å². The predicted octanol–water partition coefficient (Wildman–Crippen LogP) is 3.33. The van der Waals surface area contributed by atoms with Crippen LogP contribution in [0.1, 0.15) is 56.3 Å². The van der Waals surface area contributed by atoms with Gasteiger partial charge in [-0.25, -0.2) is 5.43 Å². The third kappa shape index (κ3) is 4.69. The Morgan fingerprint density at radius 3 is 2.64 bits per heavy atom. The van der Waals surface area contributed by atoms with Gasteiger partial charge in [-0.05, 0) is 55.9 Å². The number of anilines is 1. The topological polar surface area (TPSA) is 70.6 Å². The van der Waals surface area contributed by atoms with Gasteiger partial charge in [0, 0.05) is 23.4 Å². The first-order valence-electron chi connectivity index (χ1n) is 7.84. The average molecular weight is 301 g/mol. The van der Waals surface area contributed by atoms with Gasteiger partial charge in [0.25, 0.3) is 5.91 Å². The summed E-state index contributed by atoms with van der Waals surface area (Å²) in [6, 6.07) is 6.81. The summed E-state index contributed by atoms with van der Waals surface area (Å²) in [6.45, 7) is 4.00. The molecule has 5 nitrogen and oxygen atoms in total. The maximum Gasteiger partial charge on any atom is 0.271 e. The number of hydrogen-bond donors (Lipinski definition) is 2. The van der Waals surface area contributed by atoms with Crippen LogP contribution in [0.15, 0.2) is 29.4 Å². The molecule has 0 heterocycles. The maximum absolute atomic E-state index is 12.1. The number of amides is 2. The Bertz CT molecular complexity index is 564. The molecule has 0 bridgehead atoms. The Kier molecular flexibility index (Phi) is 5.69. The van der Waals surface area contributed by atoms with E-state index in [0.29, 0.717) is 23.6 Å². The first kappa shape index (κ1) is 16.2. The number of benzene rings is 1. The van der Waals surface area contributed by atoms with Gasteiger partial charge in [0.05, 0.1) is 0 Å². The normalized spacial score (nSPS) is 19.7. The summed E-state index contributed by atoms with van der Waals surface area (Å²) in [4.78, 5) is 23.3. The molecule has 0 aliphatic heterocycles. The lowest BCUT2D eigenvalue weighted by molar-refractivity contribution is -0.115. The van der Waals surface area contributed by atoms with E-state index in [-0.39, 0.29) is 11.8 Å². The van der Waals surface area contributed by atoms with E-state index in [1.165, 1.54) is 6.42 Å². The minimum absolute atomic E-state index is 0.0463. The molecule has 1 aromatic rings. The average Bonchev–Trinajstić information content (AvgIpc) is 2.53. The minimum atomic E-state index is -0.223. The van der Waals surface area contributed by atoms with Gasteiger partial charge in [0.15, 0.2) is 0 Å².